The molecule has 0 bridgehead atoms. The second-order valence-electron chi connectivity index (χ2n) is 4.81. The lowest BCUT2D eigenvalue weighted by molar-refractivity contribution is 0.0925. The largest absolute Gasteiger partial charge is 0.344 e. The van der Waals surface area contributed by atoms with Crippen LogP contribution in [0.15, 0.2) is 36.7 Å². The third-order valence-electron chi connectivity index (χ3n) is 3.60. The molecule has 108 valence electrons. The zero-order valence-corrected chi connectivity index (χ0v) is 11.7. The zero-order chi connectivity index (χ0) is 15.4. The van der Waals surface area contributed by atoms with E-state index in [0.29, 0.717) is 5.52 Å². The molecule has 22 heavy (non-hydrogen) atoms. The fourth-order valence-electron chi connectivity index (χ4n) is 2.60. The summed E-state index contributed by atoms with van der Waals surface area (Å²) in [6.07, 6.45) is 1.32. The number of H-pyrrole nitrogens is 1. The highest BCUT2D eigenvalue weighted by Gasteiger charge is 2.39. The van der Waals surface area contributed by atoms with Crippen LogP contribution in [0.1, 0.15) is 20.7 Å². The Bertz CT molecular complexity index is 932. The predicted molar refractivity (Wildman–Crippen MR) is 78.6 cm³/mol. The van der Waals surface area contributed by atoms with Gasteiger partial charge < -0.3 is 4.98 Å². The molecule has 3 aromatic rings. The van der Waals surface area contributed by atoms with Crippen LogP contribution < -0.4 is 4.90 Å². The van der Waals surface area contributed by atoms with Gasteiger partial charge in [0.25, 0.3) is 11.8 Å². The second kappa shape index (κ2) is 4.38. The van der Waals surface area contributed by atoms with Gasteiger partial charge in [-0.3, -0.25) is 9.59 Å². The first kappa shape index (κ1) is 13.0. The van der Waals surface area contributed by atoms with Crippen molar-refractivity contribution in [2.75, 3.05) is 4.90 Å². The Morgan fingerprint density at radius 3 is 2.41 bits per heavy atom. The van der Waals surface area contributed by atoms with E-state index in [1.54, 1.807) is 12.1 Å². The summed E-state index contributed by atoms with van der Waals surface area (Å²) in [6, 6.07) is 7.76. The summed E-state index contributed by atoms with van der Waals surface area (Å²) in [4.78, 5) is 32.2. The van der Waals surface area contributed by atoms with Crippen molar-refractivity contribution in [2.45, 2.75) is 0 Å². The molecule has 0 radical (unpaired) electrons. The Morgan fingerprint density at radius 2 is 1.77 bits per heavy atom. The highest BCUT2D eigenvalue weighted by Crippen LogP contribution is 2.38. The lowest BCUT2D eigenvalue weighted by Crippen LogP contribution is -2.30. The zero-order valence-electron chi connectivity index (χ0n) is 10.9. The Morgan fingerprint density at radius 1 is 1.14 bits per heavy atom. The maximum absolute atomic E-state index is 14.7. The van der Waals surface area contributed by atoms with Gasteiger partial charge >= 0.3 is 0 Å². The van der Waals surface area contributed by atoms with E-state index in [1.165, 1.54) is 24.5 Å². The van der Waals surface area contributed by atoms with Gasteiger partial charge in [-0.2, -0.15) is 0 Å². The van der Waals surface area contributed by atoms with Crippen LogP contribution in [0.5, 0.6) is 0 Å². The molecule has 2 amide bonds. The van der Waals surface area contributed by atoms with Gasteiger partial charge in [-0.1, -0.05) is 23.7 Å². The van der Waals surface area contributed by atoms with Crippen LogP contribution in [-0.2, 0) is 0 Å². The first-order chi connectivity index (χ1) is 10.6. The Labute approximate surface area is 128 Å². The van der Waals surface area contributed by atoms with Gasteiger partial charge in [0.15, 0.2) is 5.82 Å². The van der Waals surface area contributed by atoms with Crippen LogP contribution in [0.4, 0.5) is 10.1 Å². The quantitative estimate of drug-likeness (QED) is 0.701. The molecule has 5 nitrogen and oxygen atoms in total. The summed E-state index contributed by atoms with van der Waals surface area (Å²) in [5.41, 5.74) is 0.599. The number of carbonyl (C=O) groups is 2. The number of carbonyl (C=O) groups excluding carboxylic acids is 2. The summed E-state index contributed by atoms with van der Waals surface area (Å²) in [6.45, 7) is 0. The minimum absolute atomic E-state index is 0.0240. The van der Waals surface area contributed by atoms with Crippen molar-refractivity contribution in [1.29, 1.82) is 0 Å². The van der Waals surface area contributed by atoms with Crippen molar-refractivity contribution < 1.29 is 14.0 Å². The van der Waals surface area contributed by atoms with E-state index < -0.39 is 17.6 Å². The second-order valence-corrected chi connectivity index (χ2v) is 5.22. The molecule has 2 heterocycles. The van der Waals surface area contributed by atoms with Crippen LogP contribution >= 0.6 is 11.6 Å². The molecule has 4 rings (SSSR count). The van der Waals surface area contributed by atoms with Crippen molar-refractivity contribution in [3.63, 3.8) is 0 Å². The minimum atomic E-state index is -0.807. The van der Waals surface area contributed by atoms with Crippen LogP contribution in [0.25, 0.3) is 11.0 Å². The first-order valence-corrected chi connectivity index (χ1v) is 6.76. The average Bonchev–Trinajstić information content (AvgIpc) is 3.06. The standard InChI is InChI=1S/C15H7ClFN3O2/c16-9-5-10-12(19-6-18-10)11(17)13(9)20-14(21)7-3-1-2-4-8(7)15(20)22/h1-6H,(H,18,19). The number of rotatable bonds is 1. The summed E-state index contributed by atoms with van der Waals surface area (Å²) in [5, 5.41) is -0.0382. The van der Waals surface area contributed by atoms with Crippen LogP contribution in [0, 0.1) is 5.82 Å². The number of amides is 2. The number of anilines is 1. The molecular formula is C15H7ClFN3O2. The van der Waals surface area contributed by atoms with Crippen molar-refractivity contribution >= 4 is 40.1 Å². The SMILES string of the molecule is O=C1c2ccccc2C(=O)N1c1c(Cl)cc2[nH]cnc2c1F. The molecule has 1 N–H and O–H groups in total. The minimum Gasteiger partial charge on any atom is -0.344 e. The molecule has 0 atom stereocenters. The number of imidazole rings is 1. The van der Waals surface area contributed by atoms with Gasteiger partial charge in [0.05, 0.1) is 28.0 Å². The molecule has 7 heteroatoms. The van der Waals surface area contributed by atoms with E-state index in [1.807, 2.05) is 0 Å². The van der Waals surface area contributed by atoms with E-state index in [2.05, 4.69) is 9.97 Å². The number of aromatic nitrogens is 2. The van der Waals surface area contributed by atoms with Gasteiger partial charge in [-0.25, -0.2) is 14.3 Å². The Hall–Kier alpha value is -2.73. The van der Waals surface area contributed by atoms with E-state index >= 15 is 0 Å². The van der Waals surface area contributed by atoms with Gasteiger partial charge in [-0.05, 0) is 18.2 Å². The molecule has 1 aliphatic heterocycles. The molecule has 2 aromatic carbocycles. The molecule has 0 saturated carbocycles. The van der Waals surface area contributed by atoms with Crippen molar-refractivity contribution in [2.24, 2.45) is 0 Å². The number of imide groups is 1. The summed E-state index contributed by atoms with van der Waals surface area (Å²) in [5.74, 6) is -2.01. The average molecular weight is 316 g/mol. The number of hydrogen-bond donors (Lipinski definition) is 1. The maximum Gasteiger partial charge on any atom is 0.266 e. The fraction of sp³-hybridized carbons (Fsp3) is 0. The maximum atomic E-state index is 14.7. The first-order valence-electron chi connectivity index (χ1n) is 6.38. The summed E-state index contributed by atoms with van der Waals surface area (Å²) in [7, 11) is 0. The van der Waals surface area contributed by atoms with Crippen molar-refractivity contribution in [1.82, 2.24) is 9.97 Å². The molecule has 1 aromatic heterocycles. The van der Waals surface area contributed by atoms with Crippen LogP contribution in [0.2, 0.25) is 5.02 Å². The molecule has 0 spiro atoms. The number of halogens is 2. The lowest BCUT2D eigenvalue weighted by atomic mass is 10.1. The Kier molecular flexibility index (Phi) is 2.58. The van der Waals surface area contributed by atoms with Gasteiger partial charge in [0, 0.05) is 0 Å². The molecule has 0 aliphatic carbocycles. The van der Waals surface area contributed by atoms with Crippen LogP contribution in [-0.4, -0.2) is 21.8 Å². The van der Waals surface area contributed by atoms with Crippen molar-refractivity contribution in [3.8, 4) is 0 Å². The molecular weight excluding hydrogens is 309 g/mol. The number of fused-ring (bicyclic) bond motifs is 2. The fourth-order valence-corrected chi connectivity index (χ4v) is 2.88. The predicted octanol–water partition coefficient (Wildman–Crippen LogP) is 3.16. The van der Waals surface area contributed by atoms with Gasteiger partial charge in [-0.15, -0.1) is 0 Å². The highest BCUT2D eigenvalue weighted by molar-refractivity contribution is 6.40. The molecule has 0 saturated heterocycles. The van der Waals surface area contributed by atoms with E-state index in [9.17, 15) is 14.0 Å². The number of nitrogens with one attached hydrogen (secondary N) is 1. The smallest absolute Gasteiger partial charge is 0.266 e. The monoisotopic (exact) mass is 315 g/mol. The molecule has 1 aliphatic rings. The summed E-state index contributed by atoms with van der Waals surface area (Å²) >= 11 is 6.09. The molecule has 0 unspecified atom stereocenters. The summed E-state index contributed by atoms with van der Waals surface area (Å²) < 4.78 is 14.7. The molecule has 0 fully saturated rings. The number of nitrogens with zero attached hydrogens (tertiary/aromatic N) is 2. The third-order valence-corrected chi connectivity index (χ3v) is 3.89. The van der Waals surface area contributed by atoms with Crippen molar-refractivity contribution in [3.05, 3.63) is 58.6 Å². The number of hydrogen-bond acceptors (Lipinski definition) is 3. The Balaban J connectivity index is 1.98. The van der Waals surface area contributed by atoms with Crippen LogP contribution in [0.3, 0.4) is 0 Å². The highest BCUT2D eigenvalue weighted by atomic mass is 35.5. The lowest BCUT2D eigenvalue weighted by Gasteiger charge is -2.16. The van der Waals surface area contributed by atoms with E-state index in [0.717, 1.165) is 4.90 Å². The van der Waals surface area contributed by atoms with Gasteiger partial charge in [0.2, 0.25) is 0 Å². The number of aromatic amines is 1. The van der Waals surface area contributed by atoms with E-state index in [-0.39, 0.29) is 27.4 Å². The van der Waals surface area contributed by atoms with E-state index in [4.69, 9.17) is 11.6 Å². The van der Waals surface area contributed by atoms with Gasteiger partial charge in [0.1, 0.15) is 11.2 Å². The normalized spacial score (nSPS) is 14.0. The topological polar surface area (TPSA) is 66.1 Å². The number of benzene rings is 2. The third kappa shape index (κ3) is 1.55.